The summed E-state index contributed by atoms with van der Waals surface area (Å²) in [6.07, 6.45) is 0. The quantitative estimate of drug-likeness (QED) is 0.755. The highest BCUT2D eigenvalue weighted by molar-refractivity contribution is 6.31. The second kappa shape index (κ2) is 9.64. The van der Waals surface area contributed by atoms with Gasteiger partial charge in [-0.05, 0) is 24.6 Å². The maximum Gasteiger partial charge on any atom is 0.270 e. The minimum Gasteiger partial charge on any atom is -0.379 e. The first-order chi connectivity index (χ1) is 13.1. The van der Waals surface area contributed by atoms with Gasteiger partial charge < -0.3 is 15.4 Å². The molecule has 7 nitrogen and oxygen atoms in total. The van der Waals surface area contributed by atoms with Crippen molar-refractivity contribution in [2.45, 2.75) is 13.5 Å². The van der Waals surface area contributed by atoms with Gasteiger partial charge in [-0.15, -0.1) is 0 Å². The van der Waals surface area contributed by atoms with Crippen LogP contribution < -0.4 is 10.6 Å². The Hall–Kier alpha value is -2.22. The average molecular weight is 390 g/mol. The monoisotopic (exact) mass is 389 g/mol. The van der Waals surface area contributed by atoms with Crippen LogP contribution in [0.2, 0.25) is 5.02 Å². The molecule has 1 saturated heterocycles. The summed E-state index contributed by atoms with van der Waals surface area (Å²) in [5.74, 6) is 0.211. The number of rotatable bonds is 7. The number of halogens is 1. The summed E-state index contributed by atoms with van der Waals surface area (Å²) in [5, 5.41) is 6.74. The Balaban J connectivity index is 1.55. The van der Waals surface area contributed by atoms with Crippen molar-refractivity contribution >= 4 is 23.5 Å². The van der Waals surface area contributed by atoms with E-state index in [1.54, 1.807) is 6.07 Å². The summed E-state index contributed by atoms with van der Waals surface area (Å²) < 4.78 is 5.32. The topological polar surface area (TPSA) is 79.4 Å². The van der Waals surface area contributed by atoms with Gasteiger partial charge in [0.15, 0.2) is 0 Å². The number of aromatic nitrogens is 2. The van der Waals surface area contributed by atoms with Crippen LogP contribution >= 0.6 is 11.6 Å². The van der Waals surface area contributed by atoms with Crippen molar-refractivity contribution in [3.63, 3.8) is 0 Å². The minimum atomic E-state index is -0.199. The number of amides is 1. The summed E-state index contributed by atoms with van der Waals surface area (Å²) in [5.41, 5.74) is 2.02. The first-order valence-electron chi connectivity index (χ1n) is 9.03. The van der Waals surface area contributed by atoms with Crippen molar-refractivity contribution in [1.82, 2.24) is 20.2 Å². The molecule has 27 heavy (non-hydrogen) atoms. The summed E-state index contributed by atoms with van der Waals surface area (Å²) >= 11 is 6.17. The lowest BCUT2D eigenvalue weighted by Crippen LogP contribution is -2.41. The molecule has 3 rings (SSSR count). The van der Waals surface area contributed by atoms with Gasteiger partial charge in [-0.25, -0.2) is 9.97 Å². The number of hydrogen-bond donors (Lipinski definition) is 2. The molecule has 8 heteroatoms. The van der Waals surface area contributed by atoms with Gasteiger partial charge in [-0.2, -0.15) is 0 Å². The van der Waals surface area contributed by atoms with E-state index in [2.05, 4.69) is 25.5 Å². The number of carbonyl (C=O) groups excluding carboxylic acids is 1. The van der Waals surface area contributed by atoms with Crippen LogP contribution in [0.5, 0.6) is 0 Å². The second-order valence-corrected chi connectivity index (χ2v) is 6.78. The van der Waals surface area contributed by atoms with Gasteiger partial charge in [-0.1, -0.05) is 29.8 Å². The predicted octanol–water partition coefficient (Wildman–Crippen LogP) is 2.11. The highest BCUT2D eigenvalue weighted by atomic mass is 35.5. The number of anilines is 1. The van der Waals surface area contributed by atoms with E-state index >= 15 is 0 Å². The van der Waals surface area contributed by atoms with E-state index in [1.165, 1.54) is 0 Å². The molecule has 0 aliphatic carbocycles. The smallest absolute Gasteiger partial charge is 0.270 e. The molecule has 1 aliphatic heterocycles. The zero-order chi connectivity index (χ0) is 19.1. The van der Waals surface area contributed by atoms with Gasteiger partial charge in [0.1, 0.15) is 5.69 Å². The zero-order valence-electron chi connectivity index (χ0n) is 15.4. The Morgan fingerprint density at radius 3 is 2.81 bits per heavy atom. The zero-order valence-corrected chi connectivity index (χ0v) is 16.1. The first-order valence-corrected chi connectivity index (χ1v) is 9.41. The molecule has 2 heterocycles. The maximum atomic E-state index is 12.4. The van der Waals surface area contributed by atoms with E-state index in [0.29, 0.717) is 29.8 Å². The van der Waals surface area contributed by atoms with E-state index in [4.69, 9.17) is 16.3 Å². The van der Waals surface area contributed by atoms with Gasteiger partial charge in [0, 0.05) is 43.4 Å². The van der Waals surface area contributed by atoms with E-state index in [0.717, 1.165) is 44.1 Å². The Kier molecular flexibility index (Phi) is 6.98. The number of nitrogens with one attached hydrogen (secondary N) is 2. The van der Waals surface area contributed by atoms with Gasteiger partial charge in [0.05, 0.1) is 13.2 Å². The molecule has 0 unspecified atom stereocenters. The highest BCUT2D eigenvalue weighted by Gasteiger charge is 2.13. The van der Waals surface area contributed by atoms with E-state index in [-0.39, 0.29) is 5.91 Å². The van der Waals surface area contributed by atoms with E-state index < -0.39 is 0 Å². The Bertz CT molecular complexity index is 780. The van der Waals surface area contributed by atoms with E-state index in [1.807, 2.05) is 31.2 Å². The maximum absolute atomic E-state index is 12.4. The van der Waals surface area contributed by atoms with Crippen molar-refractivity contribution in [1.29, 1.82) is 0 Å². The number of aryl methyl sites for hydroxylation is 1. The Labute approximate surface area is 164 Å². The van der Waals surface area contributed by atoms with Gasteiger partial charge >= 0.3 is 0 Å². The third-order valence-corrected chi connectivity index (χ3v) is 4.67. The fourth-order valence-corrected chi connectivity index (χ4v) is 3.03. The molecule has 0 saturated carbocycles. The molecule has 2 N–H and O–H groups in total. The highest BCUT2D eigenvalue weighted by Crippen LogP contribution is 2.16. The lowest BCUT2D eigenvalue weighted by Gasteiger charge is -2.26. The average Bonchev–Trinajstić information content (AvgIpc) is 2.68. The molecular formula is C19H24ClN5O2. The fraction of sp³-hybridized carbons (Fsp3) is 0.421. The molecule has 0 spiro atoms. The van der Waals surface area contributed by atoms with Crippen LogP contribution in [-0.2, 0) is 11.3 Å². The summed E-state index contributed by atoms with van der Waals surface area (Å²) in [7, 11) is 0. The molecule has 144 valence electrons. The van der Waals surface area contributed by atoms with Crippen LogP contribution in [0.4, 0.5) is 5.95 Å². The Morgan fingerprint density at radius 2 is 2.04 bits per heavy atom. The summed E-state index contributed by atoms with van der Waals surface area (Å²) in [6, 6.07) is 9.26. The van der Waals surface area contributed by atoms with Crippen molar-refractivity contribution in [2.75, 3.05) is 44.7 Å². The number of carbonyl (C=O) groups is 1. The number of morpholine rings is 1. The van der Waals surface area contributed by atoms with E-state index in [9.17, 15) is 4.79 Å². The number of hydrogen-bond acceptors (Lipinski definition) is 6. The molecule has 1 aromatic heterocycles. The standard InChI is InChI=1S/C19H24ClN5O2/c1-14-12-17(18(26)21-6-7-25-8-10-27-11-9-25)24-19(23-14)22-13-15-4-2-3-5-16(15)20/h2-5,12H,6-11,13H2,1H3,(H,21,26)(H,22,23,24). The number of ether oxygens (including phenoxy) is 1. The molecule has 0 bridgehead atoms. The normalized spacial score (nSPS) is 14.7. The molecular weight excluding hydrogens is 366 g/mol. The molecule has 0 atom stereocenters. The largest absolute Gasteiger partial charge is 0.379 e. The van der Waals surface area contributed by atoms with Crippen molar-refractivity contribution in [3.8, 4) is 0 Å². The van der Waals surface area contributed by atoms with Gasteiger partial charge in [-0.3, -0.25) is 9.69 Å². The first kappa shape index (κ1) is 19.5. The lowest BCUT2D eigenvalue weighted by molar-refractivity contribution is 0.0383. The minimum absolute atomic E-state index is 0.199. The second-order valence-electron chi connectivity index (χ2n) is 6.37. The Morgan fingerprint density at radius 1 is 1.26 bits per heavy atom. The van der Waals surface area contributed by atoms with Gasteiger partial charge in [0.2, 0.25) is 5.95 Å². The number of benzene rings is 1. The molecule has 1 aromatic carbocycles. The van der Waals surface area contributed by atoms with Crippen LogP contribution in [0.1, 0.15) is 21.7 Å². The van der Waals surface area contributed by atoms with Crippen LogP contribution in [0.15, 0.2) is 30.3 Å². The fourth-order valence-electron chi connectivity index (χ4n) is 2.82. The molecule has 1 fully saturated rings. The van der Waals surface area contributed by atoms with Crippen molar-refractivity contribution < 1.29 is 9.53 Å². The van der Waals surface area contributed by atoms with Crippen LogP contribution in [-0.4, -0.2) is 60.2 Å². The van der Waals surface area contributed by atoms with Gasteiger partial charge in [0.25, 0.3) is 5.91 Å². The third kappa shape index (κ3) is 5.89. The lowest BCUT2D eigenvalue weighted by atomic mass is 10.2. The van der Waals surface area contributed by atoms with Crippen LogP contribution in [0, 0.1) is 6.92 Å². The third-order valence-electron chi connectivity index (χ3n) is 4.30. The summed E-state index contributed by atoms with van der Waals surface area (Å²) in [6.45, 7) is 7.01. The molecule has 0 radical (unpaired) electrons. The van der Waals surface area contributed by atoms with Crippen LogP contribution in [0.3, 0.4) is 0 Å². The predicted molar refractivity (Wildman–Crippen MR) is 105 cm³/mol. The molecule has 1 aliphatic rings. The molecule has 2 aromatic rings. The van der Waals surface area contributed by atoms with Crippen LogP contribution in [0.25, 0.3) is 0 Å². The van der Waals surface area contributed by atoms with Crippen molar-refractivity contribution in [3.05, 3.63) is 52.3 Å². The van der Waals surface area contributed by atoms with Crippen molar-refractivity contribution in [2.24, 2.45) is 0 Å². The number of nitrogens with zero attached hydrogens (tertiary/aromatic N) is 3. The summed E-state index contributed by atoms with van der Waals surface area (Å²) in [4.78, 5) is 23.4. The molecule has 1 amide bonds. The SMILES string of the molecule is Cc1cc(C(=O)NCCN2CCOCC2)nc(NCc2ccccc2Cl)n1.